The third-order valence-electron chi connectivity index (χ3n) is 4.89. The molecular weight excluding hydrogens is 395 g/mol. The molecule has 3 aromatic rings. The summed E-state index contributed by atoms with van der Waals surface area (Å²) in [6.07, 6.45) is 0. The van der Waals surface area contributed by atoms with Crippen LogP contribution in [0.3, 0.4) is 0 Å². The molecule has 4 rings (SSSR count). The monoisotopic (exact) mass is 416 g/mol. The molecule has 1 aliphatic heterocycles. The summed E-state index contributed by atoms with van der Waals surface area (Å²) in [6.45, 7) is 4.28. The summed E-state index contributed by atoms with van der Waals surface area (Å²) in [5.41, 5.74) is 1.55. The molecule has 0 unspecified atom stereocenters. The van der Waals surface area contributed by atoms with E-state index in [1.165, 1.54) is 16.4 Å². The van der Waals surface area contributed by atoms with Gasteiger partial charge in [0.2, 0.25) is 10.0 Å². The number of piperazine rings is 1. The third-order valence-corrected chi connectivity index (χ3v) is 6.81. The van der Waals surface area contributed by atoms with Crippen molar-refractivity contribution >= 4 is 10.0 Å². The zero-order valence-corrected chi connectivity index (χ0v) is 16.8. The van der Waals surface area contributed by atoms with Gasteiger partial charge in [-0.25, -0.2) is 12.8 Å². The molecule has 1 saturated heterocycles. The first-order valence-electron chi connectivity index (χ1n) is 9.29. The molecule has 1 fully saturated rings. The number of sulfonamides is 1. The lowest BCUT2D eigenvalue weighted by Gasteiger charge is -2.33. The van der Waals surface area contributed by atoms with E-state index in [9.17, 15) is 12.8 Å². The Morgan fingerprint density at radius 2 is 1.79 bits per heavy atom. The van der Waals surface area contributed by atoms with Gasteiger partial charge in [0.25, 0.3) is 5.89 Å². The second-order valence-electron chi connectivity index (χ2n) is 7.02. The highest BCUT2D eigenvalue weighted by Crippen LogP contribution is 2.20. The number of aryl methyl sites for hydroxylation is 1. The van der Waals surface area contributed by atoms with Crippen LogP contribution in [-0.2, 0) is 16.6 Å². The van der Waals surface area contributed by atoms with E-state index in [-0.39, 0.29) is 11.7 Å². The van der Waals surface area contributed by atoms with Gasteiger partial charge in [-0.2, -0.15) is 9.29 Å². The van der Waals surface area contributed by atoms with Gasteiger partial charge in [-0.05, 0) is 37.3 Å². The Bertz CT molecular complexity index is 1090. The first kappa shape index (κ1) is 19.7. The second kappa shape index (κ2) is 8.02. The van der Waals surface area contributed by atoms with Crippen molar-refractivity contribution in [1.82, 2.24) is 19.3 Å². The number of halogens is 1. The summed E-state index contributed by atoms with van der Waals surface area (Å²) in [5.74, 6) is 0.382. The van der Waals surface area contributed by atoms with Crippen molar-refractivity contribution in [2.24, 2.45) is 0 Å². The Morgan fingerprint density at radius 1 is 1.07 bits per heavy atom. The summed E-state index contributed by atoms with van der Waals surface area (Å²) in [5, 5.41) is 3.96. The Morgan fingerprint density at radius 3 is 2.48 bits per heavy atom. The number of nitrogens with zero attached hydrogens (tertiary/aromatic N) is 4. The maximum atomic E-state index is 13.4. The van der Waals surface area contributed by atoms with E-state index in [4.69, 9.17) is 4.52 Å². The lowest BCUT2D eigenvalue weighted by molar-refractivity contribution is 0.176. The van der Waals surface area contributed by atoms with E-state index < -0.39 is 10.0 Å². The molecule has 0 atom stereocenters. The van der Waals surface area contributed by atoms with Crippen molar-refractivity contribution < 1.29 is 17.3 Å². The SMILES string of the molecule is Cc1ccc(S(=O)(=O)N2CCN(Cc3noc(-c4cccc(F)c4)n3)CC2)cc1. The molecule has 0 spiro atoms. The molecule has 2 heterocycles. The average molecular weight is 416 g/mol. The molecular formula is C20H21FN4O3S. The maximum Gasteiger partial charge on any atom is 0.258 e. The lowest BCUT2D eigenvalue weighted by atomic mass is 10.2. The highest BCUT2D eigenvalue weighted by molar-refractivity contribution is 7.89. The number of benzene rings is 2. The number of hydrogen-bond acceptors (Lipinski definition) is 6. The topological polar surface area (TPSA) is 79.5 Å². The summed E-state index contributed by atoms with van der Waals surface area (Å²) >= 11 is 0. The van der Waals surface area contributed by atoms with Crippen molar-refractivity contribution in [2.45, 2.75) is 18.4 Å². The molecule has 1 aromatic heterocycles. The Kier molecular flexibility index (Phi) is 5.44. The van der Waals surface area contributed by atoms with E-state index in [1.807, 2.05) is 6.92 Å². The minimum Gasteiger partial charge on any atom is -0.334 e. The first-order chi connectivity index (χ1) is 13.9. The van der Waals surface area contributed by atoms with E-state index in [1.54, 1.807) is 36.4 Å². The zero-order valence-electron chi connectivity index (χ0n) is 16.0. The molecule has 9 heteroatoms. The zero-order chi connectivity index (χ0) is 20.4. The quantitative estimate of drug-likeness (QED) is 0.636. The molecule has 152 valence electrons. The van der Waals surface area contributed by atoms with Crippen LogP contribution in [-0.4, -0.2) is 53.9 Å². The first-order valence-corrected chi connectivity index (χ1v) is 10.7. The summed E-state index contributed by atoms with van der Waals surface area (Å²) in [7, 11) is -3.49. The Hall–Kier alpha value is -2.62. The fourth-order valence-corrected chi connectivity index (χ4v) is 4.67. The van der Waals surface area contributed by atoms with Crippen LogP contribution in [0.15, 0.2) is 57.9 Å². The largest absolute Gasteiger partial charge is 0.334 e. The van der Waals surface area contributed by atoms with Crippen molar-refractivity contribution in [3.63, 3.8) is 0 Å². The third kappa shape index (κ3) is 4.36. The van der Waals surface area contributed by atoms with Crippen LogP contribution in [0.4, 0.5) is 4.39 Å². The molecule has 2 aromatic carbocycles. The molecule has 0 radical (unpaired) electrons. The molecule has 29 heavy (non-hydrogen) atoms. The smallest absolute Gasteiger partial charge is 0.258 e. The van der Waals surface area contributed by atoms with Gasteiger partial charge in [-0.3, -0.25) is 4.90 Å². The predicted octanol–water partition coefficient (Wildman–Crippen LogP) is 2.69. The Labute approximate surface area is 168 Å². The number of hydrogen-bond donors (Lipinski definition) is 0. The van der Waals surface area contributed by atoms with Crippen LogP contribution in [0, 0.1) is 12.7 Å². The lowest BCUT2D eigenvalue weighted by Crippen LogP contribution is -2.48. The highest BCUT2D eigenvalue weighted by atomic mass is 32.2. The highest BCUT2D eigenvalue weighted by Gasteiger charge is 2.29. The van der Waals surface area contributed by atoms with Crippen LogP contribution < -0.4 is 0 Å². The fourth-order valence-electron chi connectivity index (χ4n) is 3.24. The van der Waals surface area contributed by atoms with E-state index in [2.05, 4.69) is 15.0 Å². The standard InChI is InChI=1S/C20H21FN4O3S/c1-15-5-7-18(8-6-15)29(26,27)25-11-9-24(10-12-25)14-19-22-20(28-23-19)16-3-2-4-17(21)13-16/h2-8,13H,9-12,14H2,1H3. The van der Waals surface area contributed by atoms with Crippen molar-refractivity contribution in [3.8, 4) is 11.5 Å². The van der Waals surface area contributed by atoms with Crippen LogP contribution in [0.1, 0.15) is 11.4 Å². The predicted molar refractivity (Wildman–Crippen MR) is 105 cm³/mol. The average Bonchev–Trinajstić information content (AvgIpc) is 3.17. The number of rotatable bonds is 5. The van der Waals surface area contributed by atoms with Gasteiger partial charge in [0.05, 0.1) is 11.4 Å². The number of aromatic nitrogens is 2. The molecule has 1 aliphatic rings. The summed E-state index contributed by atoms with van der Waals surface area (Å²) in [4.78, 5) is 6.71. The van der Waals surface area contributed by atoms with Gasteiger partial charge >= 0.3 is 0 Å². The van der Waals surface area contributed by atoms with Crippen LogP contribution in [0.25, 0.3) is 11.5 Å². The van der Waals surface area contributed by atoms with Crippen LogP contribution in [0.2, 0.25) is 0 Å². The van der Waals surface area contributed by atoms with Crippen molar-refractivity contribution in [1.29, 1.82) is 0 Å². The summed E-state index contributed by atoms with van der Waals surface area (Å²) < 4.78 is 45.7. The van der Waals surface area contributed by atoms with E-state index in [0.29, 0.717) is 49.0 Å². The molecule has 0 amide bonds. The summed E-state index contributed by atoms with van der Waals surface area (Å²) in [6, 6.07) is 12.9. The van der Waals surface area contributed by atoms with Crippen molar-refractivity contribution in [3.05, 3.63) is 65.7 Å². The van der Waals surface area contributed by atoms with Gasteiger partial charge in [-0.15, -0.1) is 0 Å². The molecule has 0 saturated carbocycles. The second-order valence-corrected chi connectivity index (χ2v) is 8.96. The van der Waals surface area contributed by atoms with E-state index in [0.717, 1.165) is 5.56 Å². The van der Waals surface area contributed by atoms with Gasteiger partial charge in [0, 0.05) is 31.7 Å². The minimum atomic E-state index is -3.49. The normalized spacial score (nSPS) is 16.2. The molecule has 0 aliphatic carbocycles. The molecule has 0 N–H and O–H groups in total. The van der Waals surface area contributed by atoms with Gasteiger partial charge in [0.15, 0.2) is 5.82 Å². The van der Waals surface area contributed by atoms with Crippen LogP contribution >= 0.6 is 0 Å². The minimum absolute atomic E-state index is 0.264. The Balaban J connectivity index is 1.37. The van der Waals surface area contributed by atoms with Gasteiger partial charge in [-0.1, -0.05) is 28.9 Å². The molecule has 0 bridgehead atoms. The van der Waals surface area contributed by atoms with Gasteiger partial charge in [0.1, 0.15) is 5.82 Å². The van der Waals surface area contributed by atoms with Crippen molar-refractivity contribution in [2.75, 3.05) is 26.2 Å². The maximum absolute atomic E-state index is 13.4. The fraction of sp³-hybridized carbons (Fsp3) is 0.300. The van der Waals surface area contributed by atoms with Gasteiger partial charge < -0.3 is 4.52 Å². The molecule has 7 nitrogen and oxygen atoms in total. The van der Waals surface area contributed by atoms with E-state index >= 15 is 0 Å². The van der Waals surface area contributed by atoms with Crippen LogP contribution in [0.5, 0.6) is 0 Å².